The highest BCUT2D eigenvalue weighted by Crippen LogP contribution is 2.20. The van der Waals surface area contributed by atoms with E-state index in [0.717, 1.165) is 34.4 Å². The van der Waals surface area contributed by atoms with Gasteiger partial charge in [-0.3, -0.25) is 19.4 Å². The first kappa shape index (κ1) is 17.8. The molecule has 0 aromatic carbocycles. The fourth-order valence-electron chi connectivity index (χ4n) is 3.35. The lowest BCUT2D eigenvalue weighted by Crippen LogP contribution is -2.46. The van der Waals surface area contributed by atoms with Gasteiger partial charge in [0.15, 0.2) is 5.78 Å². The highest BCUT2D eigenvalue weighted by molar-refractivity contribution is 5.85. The first-order valence-corrected chi connectivity index (χ1v) is 9.17. The Kier molecular flexibility index (Phi) is 4.96. The lowest BCUT2D eigenvalue weighted by molar-refractivity contribution is -0.121. The summed E-state index contributed by atoms with van der Waals surface area (Å²) in [4.78, 5) is 23.8. The number of aryl methyl sites for hydroxylation is 1. The number of nitrogens with zero attached hydrogens (tertiary/aromatic N) is 5. The number of fused-ring (bicyclic) bond motifs is 1. The largest absolute Gasteiger partial charge is 0.379 e. The third kappa shape index (κ3) is 4.04. The molecule has 1 saturated heterocycles. The normalized spacial score (nSPS) is 18.1. The molecule has 7 nitrogen and oxygen atoms in total. The van der Waals surface area contributed by atoms with Gasteiger partial charge in [0.1, 0.15) is 0 Å². The molecule has 0 amide bonds. The lowest BCUT2D eigenvalue weighted by Gasteiger charge is -2.32. The van der Waals surface area contributed by atoms with Crippen LogP contribution in [0.4, 0.5) is 0 Å². The summed E-state index contributed by atoms with van der Waals surface area (Å²) in [5, 5.41) is 5.16. The van der Waals surface area contributed by atoms with Crippen LogP contribution in [0.5, 0.6) is 0 Å². The van der Waals surface area contributed by atoms with E-state index < -0.39 is 0 Å². The van der Waals surface area contributed by atoms with Crippen molar-refractivity contribution < 1.29 is 9.53 Å². The molecule has 0 radical (unpaired) electrons. The van der Waals surface area contributed by atoms with Crippen molar-refractivity contribution in [1.29, 1.82) is 0 Å². The Hall–Kier alpha value is -2.64. The van der Waals surface area contributed by atoms with Crippen LogP contribution in [0.1, 0.15) is 12.6 Å². The standard InChI is InChI=1S/C20H23N5O2/c1-14-13-27-6-5-25(14)12-18(26)7-17-8-20-15(9-21-17)3-4-19(23-20)16-10-22-24(2)11-16/h3-4,8-11,14H,5-7,12-13H2,1-2H3/t14-/m1/s1. The molecule has 0 bridgehead atoms. The molecule has 3 aromatic heterocycles. The molecule has 1 aliphatic rings. The van der Waals surface area contributed by atoms with Crippen molar-refractivity contribution in [2.75, 3.05) is 26.3 Å². The highest BCUT2D eigenvalue weighted by Gasteiger charge is 2.21. The molecule has 4 heterocycles. The Morgan fingerprint density at radius 3 is 3.00 bits per heavy atom. The second-order valence-corrected chi connectivity index (χ2v) is 7.08. The lowest BCUT2D eigenvalue weighted by atomic mass is 10.1. The Balaban J connectivity index is 1.51. The van der Waals surface area contributed by atoms with E-state index in [1.54, 1.807) is 17.1 Å². The zero-order chi connectivity index (χ0) is 18.8. The van der Waals surface area contributed by atoms with Gasteiger partial charge in [0.25, 0.3) is 0 Å². The molecular weight excluding hydrogens is 342 g/mol. The topological polar surface area (TPSA) is 73.1 Å². The molecule has 0 unspecified atom stereocenters. The molecule has 3 aromatic rings. The van der Waals surface area contributed by atoms with Crippen LogP contribution in [-0.4, -0.2) is 62.8 Å². The van der Waals surface area contributed by atoms with Gasteiger partial charge in [0.05, 0.1) is 43.6 Å². The van der Waals surface area contributed by atoms with Gasteiger partial charge >= 0.3 is 0 Å². The summed E-state index contributed by atoms with van der Waals surface area (Å²) in [5.74, 6) is 0.166. The SMILES string of the molecule is C[C@@H]1COCCN1CC(=O)Cc1cc2nc(-c3cnn(C)c3)ccc2cn1. The van der Waals surface area contributed by atoms with Crippen molar-refractivity contribution >= 4 is 16.7 Å². The molecule has 0 N–H and O–H groups in total. The van der Waals surface area contributed by atoms with Gasteiger partial charge in [-0.05, 0) is 25.1 Å². The highest BCUT2D eigenvalue weighted by atomic mass is 16.5. The summed E-state index contributed by atoms with van der Waals surface area (Å²) in [6.07, 6.45) is 5.83. The van der Waals surface area contributed by atoms with E-state index in [1.165, 1.54) is 0 Å². The molecule has 7 heteroatoms. The predicted molar refractivity (Wildman–Crippen MR) is 102 cm³/mol. The number of Topliss-reactive ketones (excluding diaryl/α,β-unsaturated/α-hetero) is 1. The minimum absolute atomic E-state index is 0.166. The average Bonchev–Trinajstić information content (AvgIpc) is 3.09. The summed E-state index contributed by atoms with van der Waals surface area (Å²) in [6, 6.07) is 6.15. The van der Waals surface area contributed by atoms with E-state index in [2.05, 4.69) is 21.9 Å². The maximum Gasteiger partial charge on any atom is 0.152 e. The zero-order valence-corrected chi connectivity index (χ0v) is 15.6. The minimum atomic E-state index is 0.166. The molecule has 0 spiro atoms. The molecule has 27 heavy (non-hydrogen) atoms. The van der Waals surface area contributed by atoms with Crippen LogP contribution in [0.15, 0.2) is 36.8 Å². The van der Waals surface area contributed by atoms with Crippen LogP contribution in [0.25, 0.3) is 22.2 Å². The number of aromatic nitrogens is 4. The number of hydrogen-bond acceptors (Lipinski definition) is 6. The van der Waals surface area contributed by atoms with Crippen LogP contribution in [0, 0.1) is 0 Å². The van der Waals surface area contributed by atoms with Crippen molar-refractivity contribution in [3.8, 4) is 11.3 Å². The van der Waals surface area contributed by atoms with Crippen molar-refractivity contribution in [1.82, 2.24) is 24.6 Å². The summed E-state index contributed by atoms with van der Waals surface area (Å²) in [7, 11) is 1.88. The van der Waals surface area contributed by atoms with E-state index in [9.17, 15) is 4.79 Å². The maximum absolute atomic E-state index is 12.5. The number of ketones is 1. The van der Waals surface area contributed by atoms with Gasteiger partial charge in [-0.2, -0.15) is 5.10 Å². The van der Waals surface area contributed by atoms with Crippen LogP contribution < -0.4 is 0 Å². The van der Waals surface area contributed by atoms with Gasteiger partial charge in [0.2, 0.25) is 0 Å². The number of carbonyl (C=O) groups is 1. The van der Waals surface area contributed by atoms with Crippen molar-refractivity contribution in [3.05, 3.63) is 42.5 Å². The van der Waals surface area contributed by atoms with Gasteiger partial charge in [0, 0.05) is 48.7 Å². The second-order valence-electron chi connectivity index (χ2n) is 7.08. The first-order valence-electron chi connectivity index (χ1n) is 9.17. The number of ether oxygens (including phenoxy) is 1. The Bertz CT molecular complexity index is 968. The summed E-state index contributed by atoms with van der Waals surface area (Å²) in [6.45, 7) is 4.70. The number of carbonyl (C=O) groups excluding carboxylic acids is 1. The molecule has 1 fully saturated rings. The first-order chi connectivity index (χ1) is 13.1. The number of morpholine rings is 1. The third-order valence-electron chi connectivity index (χ3n) is 4.89. The Labute approximate surface area is 158 Å². The monoisotopic (exact) mass is 365 g/mol. The molecule has 4 rings (SSSR count). The fraction of sp³-hybridized carbons (Fsp3) is 0.400. The number of pyridine rings is 2. The van der Waals surface area contributed by atoms with Gasteiger partial charge in [-0.15, -0.1) is 0 Å². The molecule has 0 saturated carbocycles. The minimum Gasteiger partial charge on any atom is -0.379 e. The summed E-state index contributed by atoms with van der Waals surface area (Å²) >= 11 is 0. The molecule has 0 aliphatic carbocycles. The van der Waals surface area contributed by atoms with E-state index in [-0.39, 0.29) is 11.8 Å². The van der Waals surface area contributed by atoms with Crippen molar-refractivity contribution in [2.24, 2.45) is 7.05 Å². The Morgan fingerprint density at radius 1 is 1.33 bits per heavy atom. The van der Waals surface area contributed by atoms with E-state index in [4.69, 9.17) is 9.72 Å². The average molecular weight is 365 g/mol. The second kappa shape index (κ2) is 7.54. The smallest absolute Gasteiger partial charge is 0.152 e. The number of rotatable bonds is 5. The predicted octanol–water partition coefficient (Wildman–Crippen LogP) is 1.86. The van der Waals surface area contributed by atoms with E-state index >= 15 is 0 Å². The third-order valence-corrected chi connectivity index (χ3v) is 4.89. The van der Waals surface area contributed by atoms with Crippen LogP contribution in [-0.2, 0) is 23.0 Å². The van der Waals surface area contributed by atoms with E-state index in [0.29, 0.717) is 26.2 Å². The quantitative estimate of drug-likeness (QED) is 0.687. The van der Waals surface area contributed by atoms with Gasteiger partial charge in [-0.25, -0.2) is 4.98 Å². The summed E-state index contributed by atoms with van der Waals surface area (Å²) < 4.78 is 7.18. The Morgan fingerprint density at radius 2 is 2.22 bits per heavy atom. The van der Waals surface area contributed by atoms with Crippen molar-refractivity contribution in [3.63, 3.8) is 0 Å². The molecular formula is C20H23N5O2. The van der Waals surface area contributed by atoms with Crippen LogP contribution in [0.2, 0.25) is 0 Å². The summed E-state index contributed by atoms with van der Waals surface area (Å²) in [5.41, 5.74) is 3.43. The molecule has 1 aliphatic heterocycles. The molecule has 1 atom stereocenters. The number of hydrogen-bond donors (Lipinski definition) is 0. The van der Waals surface area contributed by atoms with Crippen LogP contribution in [0.3, 0.4) is 0 Å². The molecule has 140 valence electrons. The van der Waals surface area contributed by atoms with Gasteiger partial charge in [-0.1, -0.05) is 0 Å². The zero-order valence-electron chi connectivity index (χ0n) is 15.6. The van der Waals surface area contributed by atoms with E-state index in [1.807, 2.05) is 31.4 Å². The van der Waals surface area contributed by atoms with Crippen LogP contribution >= 0.6 is 0 Å². The van der Waals surface area contributed by atoms with Gasteiger partial charge < -0.3 is 4.74 Å². The van der Waals surface area contributed by atoms with Crippen molar-refractivity contribution in [2.45, 2.75) is 19.4 Å². The maximum atomic E-state index is 12.5. The fourth-order valence-corrected chi connectivity index (χ4v) is 3.35.